The molecule has 1 aromatic carbocycles. The molecule has 1 aliphatic rings. The summed E-state index contributed by atoms with van der Waals surface area (Å²) in [6, 6.07) is 6.94. The highest BCUT2D eigenvalue weighted by Gasteiger charge is 2.12. The maximum Gasteiger partial charge on any atom is 0.150 e. The van der Waals surface area contributed by atoms with E-state index >= 15 is 0 Å². The molecule has 1 saturated heterocycles. The lowest BCUT2D eigenvalue weighted by atomic mass is 10.1. The highest BCUT2D eigenvalue weighted by molar-refractivity contribution is 5.74. The van der Waals surface area contributed by atoms with Crippen LogP contribution in [0.5, 0.6) is 5.75 Å². The lowest BCUT2D eigenvalue weighted by Crippen LogP contribution is -2.33. The van der Waals surface area contributed by atoms with Crippen LogP contribution < -0.4 is 10.1 Å². The molecule has 1 heterocycles. The van der Waals surface area contributed by atoms with Gasteiger partial charge >= 0.3 is 0 Å². The SMILES string of the molecule is O=Cc1ccc(OCCOCCOCCOCCOCCOCCOCCOCCOCCOCCOCCOCCOC2CCNCC2)cc1. The van der Waals surface area contributed by atoms with Crippen LogP contribution in [0.1, 0.15) is 23.2 Å². The Labute approximate surface area is 304 Å². The number of benzene rings is 1. The maximum absolute atomic E-state index is 10.6. The number of hydrogen-bond acceptors (Lipinski definition) is 15. The summed E-state index contributed by atoms with van der Waals surface area (Å²) >= 11 is 0. The minimum absolute atomic E-state index is 0.368. The lowest BCUT2D eigenvalue weighted by Gasteiger charge is -2.22. The zero-order chi connectivity index (χ0) is 36.0. The summed E-state index contributed by atoms with van der Waals surface area (Å²) in [5.41, 5.74) is 0.618. The van der Waals surface area contributed by atoms with Crippen molar-refractivity contribution in [1.82, 2.24) is 5.32 Å². The first-order chi connectivity index (χ1) is 25.4. The summed E-state index contributed by atoms with van der Waals surface area (Å²) < 4.78 is 71.7. The highest BCUT2D eigenvalue weighted by Crippen LogP contribution is 2.10. The standard InChI is InChI=1S/C36H63NO14/c38-33-34-1-3-35(4-2-34)50-31-29-48-27-25-46-23-21-44-19-17-42-15-13-40-11-9-39-10-12-41-14-16-43-18-20-45-22-24-47-26-28-49-30-32-51-36-5-7-37-8-6-36/h1-4,33,36-37H,5-32H2. The van der Waals surface area contributed by atoms with Gasteiger partial charge in [-0.1, -0.05) is 0 Å². The van der Waals surface area contributed by atoms with Crippen molar-refractivity contribution in [2.75, 3.05) is 172 Å². The molecule has 51 heavy (non-hydrogen) atoms. The van der Waals surface area contributed by atoms with E-state index in [4.69, 9.17) is 61.6 Å². The molecule has 0 saturated carbocycles. The Balaban J connectivity index is 1.13. The zero-order valence-corrected chi connectivity index (χ0v) is 30.5. The summed E-state index contributed by atoms with van der Waals surface area (Å²) in [6.45, 7) is 14.4. The van der Waals surface area contributed by atoms with Gasteiger partial charge in [-0.2, -0.15) is 0 Å². The predicted octanol–water partition coefficient (Wildman–Crippen LogP) is 1.83. The van der Waals surface area contributed by atoms with E-state index in [9.17, 15) is 4.79 Å². The minimum atomic E-state index is 0.368. The Bertz CT molecular complexity index is 863. The van der Waals surface area contributed by atoms with Gasteiger partial charge in [0.05, 0.1) is 158 Å². The van der Waals surface area contributed by atoms with E-state index in [2.05, 4.69) is 5.32 Å². The van der Waals surface area contributed by atoms with Crippen molar-refractivity contribution in [1.29, 1.82) is 0 Å². The van der Waals surface area contributed by atoms with Gasteiger partial charge in [0.2, 0.25) is 0 Å². The molecule has 15 nitrogen and oxygen atoms in total. The highest BCUT2D eigenvalue weighted by atomic mass is 16.6. The smallest absolute Gasteiger partial charge is 0.150 e. The fourth-order valence-corrected chi connectivity index (χ4v) is 4.40. The molecule has 1 aliphatic heterocycles. The monoisotopic (exact) mass is 733 g/mol. The van der Waals surface area contributed by atoms with Crippen LogP contribution in [0.2, 0.25) is 0 Å². The third-order valence-corrected chi connectivity index (χ3v) is 7.10. The van der Waals surface area contributed by atoms with E-state index in [1.807, 2.05) is 0 Å². The molecule has 15 heteroatoms. The maximum atomic E-state index is 10.6. The van der Waals surface area contributed by atoms with Crippen LogP contribution in [0.4, 0.5) is 0 Å². The molecule has 0 bridgehead atoms. The molecule has 0 atom stereocenters. The van der Waals surface area contributed by atoms with Gasteiger partial charge < -0.3 is 66.9 Å². The number of carbonyl (C=O) groups is 1. The van der Waals surface area contributed by atoms with E-state index in [1.165, 1.54) is 0 Å². The number of piperidine rings is 1. The molecule has 1 aromatic rings. The van der Waals surface area contributed by atoms with Gasteiger partial charge in [-0.15, -0.1) is 0 Å². The fourth-order valence-electron chi connectivity index (χ4n) is 4.40. The molecule has 296 valence electrons. The molecule has 0 aliphatic carbocycles. The fraction of sp³-hybridized carbons (Fsp3) is 0.806. The van der Waals surface area contributed by atoms with Crippen molar-refractivity contribution in [2.24, 2.45) is 0 Å². The Hall–Kier alpha value is -1.83. The van der Waals surface area contributed by atoms with E-state index in [1.54, 1.807) is 24.3 Å². The summed E-state index contributed by atoms with van der Waals surface area (Å²) in [5.74, 6) is 0.704. The number of rotatable bonds is 39. The summed E-state index contributed by atoms with van der Waals surface area (Å²) in [7, 11) is 0. The van der Waals surface area contributed by atoms with Crippen LogP contribution in [0, 0.1) is 0 Å². The molecule has 0 spiro atoms. The molecule has 0 aromatic heterocycles. The Morgan fingerprint density at radius 2 is 0.725 bits per heavy atom. The van der Waals surface area contributed by atoms with Gasteiger partial charge in [0.15, 0.2) is 0 Å². The van der Waals surface area contributed by atoms with Crippen LogP contribution in [0.3, 0.4) is 0 Å². The van der Waals surface area contributed by atoms with E-state index < -0.39 is 0 Å². The Morgan fingerprint density at radius 3 is 1.04 bits per heavy atom. The first kappa shape index (κ1) is 45.3. The average molecular weight is 734 g/mol. The van der Waals surface area contributed by atoms with E-state index in [0.29, 0.717) is 176 Å². The first-order valence-electron chi connectivity index (χ1n) is 18.2. The first-order valence-corrected chi connectivity index (χ1v) is 18.2. The summed E-state index contributed by atoms with van der Waals surface area (Å²) in [6.07, 6.45) is 3.32. The number of aldehydes is 1. The number of nitrogens with one attached hydrogen (secondary N) is 1. The lowest BCUT2D eigenvalue weighted by molar-refractivity contribution is -0.0326. The third kappa shape index (κ3) is 30.3. The van der Waals surface area contributed by atoms with E-state index in [0.717, 1.165) is 32.2 Å². The zero-order valence-electron chi connectivity index (χ0n) is 30.5. The largest absolute Gasteiger partial charge is 0.491 e. The average Bonchev–Trinajstić information content (AvgIpc) is 3.16. The second-order valence-corrected chi connectivity index (χ2v) is 11.1. The van der Waals surface area contributed by atoms with Crippen molar-refractivity contribution in [3.8, 4) is 5.75 Å². The quantitative estimate of drug-likeness (QED) is 0.0774. The van der Waals surface area contributed by atoms with Gasteiger partial charge in [-0.05, 0) is 50.2 Å². The van der Waals surface area contributed by atoms with E-state index in [-0.39, 0.29) is 0 Å². The van der Waals surface area contributed by atoms with Gasteiger partial charge in [0.25, 0.3) is 0 Å². The van der Waals surface area contributed by atoms with Crippen LogP contribution >= 0.6 is 0 Å². The normalized spacial score (nSPS) is 13.6. The third-order valence-electron chi connectivity index (χ3n) is 7.10. The molecular formula is C36H63NO14. The van der Waals surface area contributed by atoms with Crippen LogP contribution in [0.25, 0.3) is 0 Å². The van der Waals surface area contributed by atoms with Gasteiger partial charge in [-0.3, -0.25) is 4.79 Å². The Kier molecular flexibility index (Phi) is 32.5. The van der Waals surface area contributed by atoms with Gasteiger partial charge in [0, 0.05) is 5.56 Å². The molecule has 1 fully saturated rings. The second kappa shape index (κ2) is 36.5. The van der Waals surface area contributed by atoms with Gasteiger partial charge in [0.1, 0.15) is 18.6 Å². The summed E-state index contributed by atoms with van der Waals surface area (Å²) in [5, 5.41) is 3.33. The van der Waals surface area contributed by atoms with Crippen molar-refractivity contribution < 1.29 is 66.4 Å². The van der Waals surface area contributed by atoms with Crippen LogP contribution in [-0.2, 0) is 56.8 Å². The van der Waals surface area contributed by atoms with Crippen molar-refractivity contribution in [2.45, 2.75) is 18.9 Å². The molecule has 2 rings (SSSR count). The number of ether oxygens (including phenoxy) is 13. The van der Waals surface area contributed by atoms with Crippen molar-refractivity contribution in [3.63, 3.8) is 0 Å². The molecule has 0 unspecified atom stereocenters. The molecular weight excluding hydrogens is 670 g/mol. The number of carbonyl (C=O) groups excluding carboxylic acids is 1. The van der Waals surface area contributed by atoms with Gasteiger partial charge in [-0.25, -0.2) is 0 Å². The van der Waals surface area contributed by atoms with Crippen LogP contribution in [-0.4, -0.2) is 184 Å². The molecule has 0 amide bonds. The summed E-state index contributed by atoms with van der Waals surface area (Å²) in [4.78, 5) is 10.6. The predicted molar refractivity (Wildman–Crippen MR) is 188 cm³/mol. The Morgan fingerprint density at radius 1 is 0.431 bits per heavy atom. The minimum Gasteiger partial charge on any atom is -0.491 e. The molecule has 0 radical (unpaired) electrons. The topological polar surface area (TPSA) is 149 Å². The van der Waals surface area contributed by atoms with Crippen molar-refractivity contribution >= 4 is 6.29 Å². The molecule has 1 N–H and O–H groups in total. The van der Waals surface area contributed by atoms with Crippen molar-refractivity contribution in [3.05, 3.63) is 29.8 Å². The number of hydrogen-bond donors (Lipinski definition) is 1. The van der Waals surface area contributed by atoms with Crippen LogP contribution in [0.15, 0.2) is 24.3 Å². The second-order valence-electron chi connectivity index (χ2n) is 11.1.